The van der Waals surface area contributed by atoms with Crippen LogP contribution in [0.5, 0.6) is 0 Å². The molecule has 1 aromatic heterocycles. The first-order valence-corrected chi connectivity index (χ1v) is 6.59. The molecule has 98 valence electrons. The number of carbonyl (C=O) groups excluding carboxylic acids is 1. The summed E-state index contributed by atoms with van der Waals surface area (Å²) in [5, 5.41) is 6.34. The minimum atomic E-state index is -0.240. The lowest BCUT2D eigenvalue weighted by Gasteiger charge is -2.32. The molecule has 4 nitrogen and oxygen atoms in total. The van der Waals surface area contributed by atoms with Crippen LogP contribution in [-0.4, -0.2) is 30.5 Å². The molecule has 0 spiro atoms. The third kappa shape index (κ3) is 3.29. The van der Waals surface area contributed by atoms with E-state index in [-0.39, 0.29) is 11.3 Å². The molecular weight excluding hydrogens is 226 g/mol. The number of hydrogen-bond acceptors (Lipinski definition) is 3. The Morgan fingerprint density at radius 1 is 1.50 bits per heavy atom. The van der Waals surface area contributed by atoms with Gasteiger partial charge in [-0.05, 0) is 50.4 Å². The number of aromatic nitrogens is 1. The number of nitrogens with one attached hydrogen (secondary N) is 2. The highest BCUT2D eigenvalue weighted by molar-refractivity contribution is 5.82. The van der Waals surface area contributed by atoms with Crippen molar-refractivity contribution in [2.45, 2.75) is 26.2 Å². The number of pyridine rings is 1. The Labute approximate surface area is 108 Å². The van der Waals surface area contributed by atoms with Gasteiger partial charge < -0.3 is 10.6 Å². The van der Waals surface area contributed by atoms with E-state index in [1.807, 2.05) is 19.1 Å². The predicted octanol–water partition coefficient (Wildman–Crippen LogP) is 1.13. The molecule has 1 aliphatic heterocycles. The summed E-state index contributed by atoms with van der Waals surface area (Å²) in [6.07, 6.45) is 6.47. The van der Waals surface area contributed by atoms with Crippen molar-refractivity contribution in [1.82, 2.24) is 15.6 Å². The Balaban J connectivity index is 1.78. The molecule has 1 amide bonds. The molecule has 4 heteroatoms. The zero-order chi connectivity index (χ0) is 12.8. The zero-order valence-electron chi connectivity index (χ0n) is 10.9. The van der Waals surface area contributed by atoms with Crippen molar-refractivity contribution in [1.29, 1.82) is 0 Å². The van der Waals surface area contributed by atoms with Crippen LogP contribution in [0.4, 0.5) is 0 Å². The maximum absolute atomic E-state index is 12.1. The van der Waals surface area contributed by atoms with Gasteiger partial charge in [-0.15, -0.1) is 0 Å². The van der Waals surface area contributed by atoms with E-state index in [1.165, 1.54) is 5.56 Å². The van der Waals surface area contributed by atoms with Crippen molar-refractivity contribution in [2.24, 2.45) is 5.41 Å². The SMILES string of the molecule is CC1(C(=O)NCCc2ccncc2)CCCNC1. The van der Waals surface area contributed by atoms with Crippen LogP contribution < -0.4 is 10.6 Å². The third-order valence-corrected chi connectivity index (χ3v) is 3.59. The highest BCUT2D eigenvalue weighted by atomic mass is 16.2. The van der Waals surface area contributed by atoms with Crippen LogP contribution in [0, 0.1) is 5.41 Å². The molecule has 0 saturated carbocycles. The molecule has 1 saturated heterocycles. The fourth-order valence-electron chi connectivity index (χ4n) is 2.33. The van der Waals surface area contributed by atoms with Crippen molar-refractivity contribution < 1.29 is 4.79 Å². The van der Waals surface area contributed by atoms with Crippen LogP contribution in [-0.2, 0) is 11.2 Å². The quantitative estimate of drug-likeness (QED) is 0.838. The summed E-state index contributed by atoms with van der Waals surface area (Å²) >= 11 is 0. The van der Waals surface area contributed by atoms with Crippen molar-refractivity contribution in [3.05, 3.63) is 30.1 Å². The highest BCUT2D eigenvalue weighted by Gasteiger charge is 2.34. The number of rotatable bonds is 4. The van der Waals surface area contributed by atoms with E-state index in [0.29, 0.717) is 6.54 Å². The Kier molecular flexibility index (Phi) is 4.31. The van der Waals surface area contributed by atoms with Gasteiger partial charge in [0.2, 0.25) is 5.91 Å². The molecule has 18 heavy (non-hydrogen) atoms. The average Bonchev–Trinajstić information content (AvgIpc) is 2.41. The number of amides is 1. The first kappa shape index (κ1) is 13.0. The van der Waals surface area contributed by atoms with E-state index >= 15 is 0 Å². The van der Waals surface area contributed by atoms with Crippen LogP contribution in [0.25, 0.3) is 0 Å². The van der Waals surface area contributed by atoms with E-state index in [1.54, 1.807) is 12.4 Å². The van der Waals surface area contributed by atoms with Gasteiger partial charge >= 0.3 is 0 Å². The molecule has 2 N–H and O–H groups in total. The highest BCUT2D eigenvalue weighted by Crippen LogP contribution is 2.25. The smallest absolute Gasteiger partial charge is 0.227 e. The normalized spacial score (nSPS) is 23.6. The van der Waals surface area contributed by atoms with Gasteiger partial charge in [0.05, 0.1) is 5.41 Å². The number of piperidine rings is 1. The second-order valence-corrected chi connectivity index (χ2v) is 5.20. The minimum absolute atomic E-state index is 0.170. The monoisotopic (exact) mass is 247 g/mol. The molecule has 0 radical (unpaired) electrons. The largest absolute Gasteiger partial charge is 0.355 e. The molecule has 1 atom stereocenters. The zero-order valence-corrected chi connectivity index (χ0v) is 10.9. The van der Waals surface area contributed by atoms with Gasteiger partial charge in [-0.25, -0.2) is 0 Å². The second kappa shape index (κ2) is 5.96. The molecule has 0 bridgehead atoms. The van der Waals surface area contributed by atoms with Crippen LogP contribution in [0.2, 0.25) is 0 Å². The molecule has 0 aromatic carbocycles. The maximum Gasteiger partial charge on any atom is 0.227 e. The first-order chi connectivity index (χ1) is 8.71. The lowest BCUT2D eigenvalue weighted by atomic mass is 9.82. The molecule has 1 aromatic rings. The molecule has 1 fully saturated rings. The van der Waals surface area contributed by atoms with Gasteiger partial charge in [-0.3, -0.25) is 9.78 Å². The summed E-state index contributed by atoms with van der Waals surface area (Å²) in [6, 6.07) is 3.96. The Bertz CT molecular complexity index is 385. The van der Waals surface area contributed by atoms with Crippen molar-refractivity contribution in [3.8, 4) is 0 Å². The summed E-state index contributed by atoms with van der Waals surface area (Å²) in [5.74, 6) is 0.170. The molecule has 2 heterocycles. The summed E-state index contributed by atoms with van der Waals surface area (Å²) in [4.78, 5) is 16.1. The molecule has 1 aliphatic rings. The average molecular weight is 247 g/mol. The minimum Gasteiger partial charge on any atom is -0.355 e. The Hall–Kier alpha value is -1.42. The van der Waals surface area contributed by atoms with E-state index in [9.17, 15) is 4.79 Å². The standard InChI is InChI=1S/C14H21N3O/c1-14(6-2-7-16-11-14)13(18)17-10-5-12-3-8-15-9-4-12/h3-4,8-9,16H,2,5-7,10-11H2,1H3,(H,17,18). The Morgan fingerprint density at radius 3 is 2.94 bits per heavy atom. The fourth-order valence-corrected chi connectivity index (χ4v) is 2.33. The number of carbonyl (C=O) groups is 1. The van der Waals surface area contributed by atoms with Crippen molar-refractivity contribution >= 4 is 5.91 Å². The van der Waals surface area contributed by atoms with Crippen LogP contribution in [0.1, 0.15) is 25.3 Å². The number of hydrogen-bond donors (Lipinski definition) is 2. The molecule has 2 rings (SSSR count). The maximum atomic E-state index is 12.1. The summed E-state index contributed by atoms with van der Waals surface area (Å²) < 4.78 is 0. The summed E-state index contributed by atoms with van der Waals surface area (Å²) in [6.45, 7) is 4.55. The van der Waals surface area contributed by atoms with Crippen molar-refractivity contribution in [3.63, 3.8) is 0 Å². The first-order valence-electron chi connectivity index (χ1n) is 6.59. The molecule has 0 aliphatic carbocycles. The van der Waals surface area contributed by atoms with Crippen molar-refractivity contribution in [2.75, 3.05) is 19.6 Å². The van der Waals surface area contributed by atoms with E-state index in [0.717, 1.165) is 32.4 Å². The van der Waals surface area contributed by atoms with E-state index in [4.69, 9.17) is 0 Å². The second-order valence-electron chi connectivity index (χ2n) is 5.20. The summed E-state index contributed by atoms with van der Waals surface area (Å²) in [7, 11) is 0. The van der Waals surface area contributed by atoms with Crippen LogP contribution in [0.3, 0.4) is 0 Å². The number of nitrogens with zero attached hydrogens (tertiary/aromatic N) is 1. The van der Waals surface area contributed by atoms with Gasteiger partial charge in [0.25, 0.3) is 0 Å². The van der Waals surface area contributed by atoms with Gasteiger partial charge in [0.1, 0.15) is 0 Å². The van der Waals surface area contributed by atoms with E-state index < -0.39 is 0 Å². The molecule has 1 unspecified atom stereocenters. The van der Waals surface area contributed by atoms with Gasteiger partial charge in [0, 0.05) is 25.5 Å². The third-order valence-electron chi connectivity index (χ3n) is 3.59. The predicted molar refractivity (Wildman–Crippen MR) is 71.2 cm³/mol. The summed E-state index contributed by atoms with van der Waals surface area (Å²) in [5.41, 5.74) is 0.966. The lowest BCUT2D eigenvalue weighted by Crippen LogP contribution is -2.49. The van der Waals surface area contributed by atoms with Gasteiger partial charge in [0.15, 0.2) is 0 Å². The van der Waals surface area contributed by atoms with Crippen LogP contribution in [0.15, 0.2) is 24.5 Å². The molecular formula is C14H21N3O. The van der Waals surface area contributed by atoms with Gasteiger partial charge in [-0.2, -0.15) is 0 Å². The Morgan fingerprint density at radius 2 is 2.28 bits per heavy atom. The van der Waals surface area contributed by atoms with E-state index in [2.05, 4.69) is 15.6 Å². The topological polar surface area (TPSA) is 54.0 Å². The lowest BCUT2D eigenvalue weighted by molar-refractivity contribution is -0.131. The van der Waals surface area contributed by atoms with Crippen LogP contribution >= 0.6 is 0 Å². The fraction of sp³-hybridized carbons (Fsp3) is 0.571. The van der Waals surface area contributed by atoms with Gasteiger partial charge in [-0.1, -0.05) is 0 Å².